The Hall–Kier alpha value is -2.11. The topological polar surface area (TPSA) is 66.8 Å². The van der Waals surface area contributed by atoms with Crippen LogP contribution in [0.15, 0.2) is 10.9 Å². The third-order valence-corrected chi connectivity index (χ3v) is 3.27. The van der Waals surface area contributed by atoms with Crippen LogP contribution in [0.4, 0.5) is 5.95 Å². The van der Waals surface area contributed by atoms with Gasteiger partial charge >= 0.3 is 0 Å². The first-order valence-corrected chi connectivity index (χ1v) is 6.16. The molecule has 0 aliphatic heterocycles. The van der Waals surface area contributed by atoms with Crippen LogP contribution in [-0.2, 0) is 13.6 Å². The minimum absolute atomic E-state index is 0.131. The molecule has 0 saturated heterocycles. The molecule has 0 spiro atoms. The molecule has 0 saturated carbocycles. The van der Waals surface area contributed by atoms with E-state index in [0.29, 0.717) is 18.2 Å². The molecule has 0 aliphatic carbocycles. The van der Waals surface area contributed by atoms with Gasteiger partial charge in [0.1, 0.15) is 0 Å². The van der Waals surface area contributed by atoms with Crippen LogP contribution >= 0.6 is 0 Å². The van der Waals surface area contributed by atoms with E-state index in [1.807, 2.05) is 44.4 Å². The Morgan fingerprint density at radius 1 is 1.37 bits per heavy atom. The van der Waals surface area contributed by atoms with Crippen LogP contribution in [0.5, 0.6) is 0 Å². The Morgan fingerprint density at radius 2 is 2.05 bits per heavy atom. The van der Waals surface area contributed by atoms with E-state index in [9.17, 15) is 4.79 Å². The predicted molar refractivity (Wildman–Crippen MR) is 74.4 cm³/mol. The molecule has 2 aromatic heterocycles. The predicted octanol–water partition coefficient (Wildman–Crippen LogP) is 1.07. The van der Waals surface area contributed by atoms with Crippen LogP contribution in [0.25, 0.3) is 0 Å². The Kier molecular flexibility index (Phi) is 3.42. The van der Waals surface area contributed by atoms with Gasteiger partial charge in [0.2, 0.25) is 5.95 Å². The van der Waals surface area contributed by atoms with Crippen molar-refractivity contribution < 1.29 is 0 Å². The average molecular weight is 261 g/mol. The van der Waals surface area contributed by atoms with Crippen molar-refractivity contribution in [2.75, 3.05) is 11.9 Å². The van der Waals surface area contributed by atoms with E-state index >= 15 is 0 Å². The summed E-state index contributed by atoms with van der Waals surface area (Å²) in [5.74, 6) is 0.577. The smallest absolute Gasteiger partial charge is 0.252 e. The molecule has 6 nitrogen and oxygen atoms in total. The number of aromatic amines is 1. The van der Waals surface area contributed by atoms with E-state index in [0.717, 1.165) is 17.0 Å². The summed E-state index contributed by atoms with van der Waals surface area (Å²) in [6.07, 6.45) is 0. The number of anilines is 1. The van der Waals surface area contributed by atoms with Crippen molar-refractivity contribution in [3.63, 3.8) is 0 Å². The molecule has 0 bridgehead atoms. The van der Waals surface area contributed by atoms with Crippen molar-refractivity contribution in [1.82, 2.24) is 19.7 Å². The van der Waals surface area contributed by atoms with Crippen LogP contribution in [0.3, 0.4) is 0 Å². The normalized spacial score (nSPS) is 10.8. The molecular formula is C13H19N5O. The zero-order valence-corrected chi connectivity index (χ0v) is 12.0. The van der Waals surface area contributed by atoms with E-state index in [-0.39, 0.29) is 5.56 Å². The van der Waals surface area contributed by atoms with Crippen LogP contribution in [0, 0.1) is 20.8 Å². The number of hydrogen-bond donors (Lipinski definition) is 1. The average Bonchev–Trinajstić information content (AvgIpc) is 2.54. The molecular weight excluding hydrogens is 242 g/mol. The number of nitrogens with one attached hydrogen (secondary N) is 1. The minimum Gasteiger partial charge on any atom is -0.341 e. The molecule has 2 rings (SSSR count). The SMILES string of the molecule is Cc1cc(=O)[nH]c(N(C)Cc2c(C)nn(C)c2C)n1. The molecule has 0 atom stereocenters. The van der Waals surface area contributed by atoms with E-state index in [1.54, 1.807) is 0 Å². The van der Waals surface area contributed by atoms with Crippen LogP contribution in [0.1, 0.15) is 22.6 Å². The van der Waals surface area contributed by atoms with Crippen LogP contribution < -0.4 is 10.5 Å². The molecule has 6 heteroatoms. The summed E-state index contributed by atoms with van der Waals surface area (Å²) in [5, 5.41) is 4.39. The standard InChI is InChI=1S/C13H19N5O/c1-8-6-12(19)15-13(14-8)17(4)7-11-9(2)16-18(5)10(11)3/h6H,7H2,1-5H3,(H,14,15,19). The maximum atomic E-state index is 11.5. The van der Waals surface area contributed by atoms with Gasteiger partial charge in [0.15, 0.2) is 0 Å². The summed E-state index contributed by atoms with van der Waals surface area (Å²) in [4.78, 5) is 20.5. The molecule has 102 valence electrons. The third-order valence-electron chi connectivity index (χ3n) is 3.27. The molecule has 0 amide bonds. The number of hydrogen-bond acceptors (Lipinski definition) is 4. The highest BCUT2D eigenvalue weighted by molar-refractivity contribution is 5.34. The maximum absolute atomic E-state index is 11.5. The van der Waals surface area contributed by atoms with E-state index in [4.69, 9.17) is 0 Å². The van der Waals surface area contributed by atoms with Gasteiger partial charge in [-0.2, -0.15) is 5.10 Å². The van der Waals surface area contributed by atoms with Gasteiger partial charge in [0, 0.05) is 43.7 Å². The Balaban J connectivity index is 2.30. The largest absolute Gasteiger partial charge is 0.341 e. The number of aryl methyl sites for hydroxylation is 3. The van der Waals surface area contributed by atoms with Gasteiger partial charge in [-0.25, -0.2) is 4.98 Å². The van der Waals surface area contributed by atoms with E-state index in [1.165, 1.54) is 6.07 Å². The summed E-state index contributed by atoms with van der Waals surface area (Å²) in [6, 6.07) is 1.48. The zero-order chi connectivity index (χ0) is 14.2. The molecule has 0 radical (unpaired) electrons. The summed E-state index contributed by atoms with van der Waals surface area (Å²) in [5.41, 5.74) is 3.87. The summed E-state index contributed by atoms with van der Waals surface area (Å²) in [7, 11) is 3.84. The fourth-order valence-electron chi connectivity index (χ4n) is 2.10. The Labute approximate surface area is 112 Å². The molecule has 1 N–H and O–H groups in total. The first-order chi connectivity index (χ1) is 8.88. The lowest BCUT2D eigenvalue weighted by atomic mass is 10.2. The van der Waals surface area contributed by atoms with E-state index in [2.05, 4.69) is 15.1 Å². The van der Waals surface area contributed by atoms with Crippen LogP contribution in [-0.4, -0.2) is 26.8 Å². The van der Waals surface area contributed by atoms with Crippen molar-refractivity contribution in [2.45, 2.75) is 27.3 Å². The molecule has 2 aromatic rings. The second-order valence-corrected chi connectivity index (χ2v) is 4.84. The van der Waals surface area contributed by atoms with Crippen molar-refractivity contribution in [3.05, 3.63) is 39.1 Å². The lowest BCUT2D eigenvalue weighted by Gasteiger charge is -2.18. The number of rotatable bonds is 3. The Morgan fingerprint density at radius 3 is 2.58 bits per heavy atom. The lowest BCUT2D eigenvalue weighted by molar-refractivity contribution is 0.729. The molecule has 19 heavy (non-hydrogen) atoms. The van der Waals surface area contributed by atoms with Gasteiger partial charge in [0.25, 0.3) is 5.56 Å². The number of nitrogens with zero attached hydrogens (tertiary/aromatic N) is 4. The van der Waals surface area contributed by atoms with Crippen LogP contribution in [0.2, 0.25) is 0 Å². The number of aromatic nitrogens is 4. The molecule has 0 aliphatic rings. The van der Waals surface area contributed by atoms with Gasteiger partial charge in [0.05, 0.1) is 5.69 Å². The van der Waals surface area contributed by atoms with Crippen molar-refractivity contribution in [2.24, 2.45) is 7.05 Å². The van der Waals surface area contributed by atoms with E-state index < -0.39 is 0 Å². The molecule has 0 aromatic carbocycles. The van der Waals surface area contributed by atoms with Crippen molar-refractivity contribution in [1.29, 1.82) is 0 Å². The highest BCUT2D eigenvalue weighted by Gasteiger charge is 2.13. The zero-order valence-electron chi connectivity index (χ0n) is 12.0. The van der Waals surface area contributed by atoms with Gasteiger partial charge in [-0.05, 0) is 20.8 Å². The van der Waals surface area contributed by atoms with Gasteiger partial charge in [-0.1, -0.05) is 0 Å². The maximum Gasteiger partial charge on any atom is 0.252 e. The lowest BCUT2D eigenvalue weighted by Crippen LogP contribution is -2.23. The quantitative estimate of drug-likeness (QED) is 0.897. The first-order valence-electron chi connectivity index (χ1n) is 6.16. The molecule has 0 fully saturated rings. The van der Waals surface area contributed by atoms with Gasteiger partial charge < -0.3 is 4.90 Å². The third kappa shape index (κ3) is 2.67. The minimum atomic E-state index is -0.131. The second kappa shape index (κ2) is 4.87. The summed E-state index contributed by atoms with van der Waals surface area (Å²) in [6.45, 7) is 6.50. The van der Waals surface area contributed by atoms with Crippen molar-refractivity contribution >= 4 is 5.95 Å². The molecule has 2 heterocycles. The fraction of sp³-hybridized carbons (Fsp3) is 0.462. The highest BCUT2D eigenvalue weighted by Crippen LogP contribution is 2.16. The van der Waals surface area contributed by atoms with Crippen molar-refractivity contribution in [3.8, 4) is 0 Å². The summed E-state index contributed by atoms with van der Waals surface area (Å²) < 4.78 is 1.87. The summed E-state index contributed by atoms with van der Waals surface area (Å²) >= 11 is 0. The second-order valence-electron chi connectivity index (χ2n) is 4.84. The fourth-order valence-corrected chi connectivity index (χ4v) is 2.10. The first kappa shape index (κ1) is 13.3. The molecule has 0 unspecified atom stereocenters. The number of H-pyrrole nitrogens is 1. The highest BCUT2D eigenvalue weighted by atomic mass is 16.1. The Bertz CT molecular complexity index is 656. The van der Waals surface area contributed by atoms with Gasteiger partial charge in [-0.3, -0.25) is 14.5 Å². The van der Waals surface area contributed by atoms with Gasteiger partial charge in [-0.15, -0.1) is 0 Å². The monoisotopic (exact) mass is 261 g/mol.